The number of nitrogens with zero attached hydrogens (tertiary/aromatic N) is 3. The molecule has 0 aliphatic carbocycles. The van der Waals surface area contributed by atoms with Crippen LogP contribution in [0.5, 0.6) is 0 Å². The van der Waals surface area contributed by atoms with Gasteiger partial charge in [-0.25, -0.2) is 9.97 Å². The van der Waals surface area contributed by atoms with Crippen LogP contribution in [0.15, 0.2) is 42.6 Å². The Labute approximate surface area is 189 Å². The lowest BCUT2D eigenvalue weighted by molar-refractivity contribution is 0.217. The summed E-state index contributed by atoms with van der Waals surface area (Å²) in [5, 5.41) is 35.5. The molecule has 0 fully saturated rings. The van der Waals surface area contributed by atoms with Crippen LogP contribution in [0.4, 0.5) is 17.3 Å². The summed E-state index contributed by atoms with van der Waals surface area (Å²) in [6.45, 7) is 4.50. The molecule has 0 unspecified atom stereocenters. The van der Waals surface area contributed by atoms with Gasteiger partial charge in [-0.05, 0) is 47.9 Å². The Morgan fingerprint density at radius 3 is 2.75 bits per heavy atom. The molecule has 0 bridgehead atoms. The summed E-state index contributed by atoms with van der Waals surface area (Å²) in [7, 11) is 3.49. The zero-order valence-electron chi connectivity index (χ0n) is 18.7. The molecule has 1 atom stereocenters. The second-order valence-electron chi connectivity index (χ2n) is 9.11. The molecule has 32 heavy (non-hydrogen) atoms. The van der Waals surface area contributed by atoms with E-state index in [1.165, 1.54) is 0 Å². The zero-order valence-corrected chi connectivity index (χ0v) is 18.7. The SMILES string of the molecule is BC(B)(O)c1ccc(C)c(Nc2nccc(-c3cc(C#N)c4c(c3)[C@@](C)(CO)CN4)n2)c1. The predicted molar refractivity (Wildman–Crippen MR) is 131 cm³/mol. The summed E-state index contributed by atoms with van der Waals surface area (Å²) < 4.78 is 0. The van der Waals surface area contributed by atoms with E-state index in [9.17, 15) is 15.5 Å². The van der Waals surface area contributed by atoms with E-state index in [0.717, 1.165) is 33.6 Å². The smallest absolute Gasteiger partial charge is 0.227 e. The van der Waals surface area contributed by atoms with E-state index in [0.29, 0.717) is 23.8 Å². The van der Waals surface area contributed by atoms with Crippen molar-refractivity contribution in [1.82, 2.24) is 9.97 Å². The molecule has 0 amide bonds. The van der Waals surface area contributed by atoms with Crippen LogP contribution < -0.4 is 10.6 Å². The number of hydrogen-bond donors (Lipinski definition) is 4. The van der Waals surface area contributed by atoms with Gasteiger partial charge >= 0.3 is 0 Å². The maximum Gasteiger partial charge on any atom is 0.227 e. The molecule has 4 rings (SSSR count). The minimum atomic E-state index is -0.960. The monoisotopic (exact) mass is 425 g/mol. The first-order chi connectivity index (χ1) is 15.1. The number of aryl methyl sites for hydroxylation is 1. The lowest BCUT2D eigenvalue weighted by atomic mass is 9.61. The van der Waals surface area contributed by atoms with E-state index < -0.39 is 10.8 Å². The molecule has 4 N–H and O–H groups in total. The van der Waals surface area contributed by atoms with Crippen LogP contribution in [0.1, 0.15) is 29.2 Å². The number of nitriles is 1. The number of fused-ring (bicyclic) bond motifs is 1. The number of nitrogens with one attached hydrogen (secondary N) is 2. The Balaban J connectivity index is 1.73. The molecule has 1 aliphatic rings. The van der Waals surface area contributed by atoms with Crippen LogP contribution in [-0.2, 0) is 10.8 Å². The number of rotatable bonds is 5. The number of aliphatic hydroxyl groups excluding tert-OH is 1. The molecule has 1 aliphatic heterocycles. The number of anilines is 3. The molecule has 0 saturated carbocycles. The third-order valence-corrected chi connectivity index (χ3v) is 6.06. The van der Waals surface area contributed by atoms with Crippen LogP contribution >= 0.6 is 0 Å². The van der Waals surface area contributed by atoms with Crippen molar-refractivity contribution >= 4 is 33.0 Å². The molecule has 2 aromatic carbocycles. The highest BCUT2D eigenvalue weighted by atomic mass is 16.3. The van der Waals surface area contributed by atoms with E-state index in [1.807, 2.05) is 38.1 Å². The fraction of sp³-hybridized carbons (Fsp3) is 0.261. The summed E-state index contributed by atoms with van der Waals surface area (Å²) in [6.07, 6.45) is 1.67. The van der Waals surface area contributed by atoms with Crippen molar-refractivity contribution in [3.8, 4) is 17.3 Å². The van der Waals surface area contributed by atoms with Gasteiger partial charge < -0.3 is 20.8 Å². The maximum atomic E-state index is 10.3. The Morgan fingerprint density at radius 1 is 1.28 bits per heavy atom. The molecule has 0 radical (unpaired) electrons. The quantitative estimate of drug-likeness (QED) is 0.453. The molecule has 0 spiro atoms. The highest BCUT2D eigenvalue weighted by Crippen LogP contribution is 2.41. The predicted octanol–water partition coefficient (Wildman–Crippen LogP) is 1.11. The number of benzene rings is 2. The third-order valence-electron chi connectivity index (χ3n) is 6.06. The maximum absolute atomic E-state index is 10.3. The van der Waals surface area contributed by atoms with Crippen molar-refractivity contribution < 1.29 is 10.2 Å². The Bertz CT molecular complexity index is 1240. The van der Waals surface area contributed by atoms with Crippen LogP contribution in [0.2, 0.25) is 0 Å². The summed E-state index contributed by atoms with van der Waals surface area (Å²) in [4.78, 5) is 9.02. The highest BCUT2D eigenvalue weighted by molar-refractivity contribution is 6.38. The van der Waals surface area contributed by atoms with E-state index in [4.69, 9.17) is 0 Å². The summed E-state index contributed by atoms with van der Waals surface area (Å²) in [5.74, 6) is 0.417. The van der Waals surface area contributed by atoms with Gasteiger partial charge in [0, 0.05) is 34.8 Å². The van der Waals surface area contributed by atoms with Gasteiger partial charge in [-0.1, -0.05) is 19.1 Å². The van der Waals surface area contributed by atoms with Gasteiger partial charge in [0.2, 0.25) is 5.95 Å². The van der Waals surface area contributed by atoms with Crippen LogP contribution in [0.3, 0.4) is 0 Å². The van der Waals surface area contributed by atoms with E-state index in [-0.39, 0.29) is 6.61 Å². The average Bonchev–Trinajstić information content (AvgIpc) is 3.11. The highest BCUT2D eigenvalue weighted by Gasteiger charge is 2.36. The van der Waals surface area contributed by atoms with Crippen molar-refractivity contribution in [2.45, 2.75) is 24.7 Å². The summed E-state index contributed by atoms with van der Waals surface area (Å²) in [5.41, 5.74) is 5.81. The molecule has 0 saturated heterocycles. The minimum absolute atomic E-state index is 0.0191. The van der Waals surface area contributed by atoms with Gasteiger partial charge in [-0.2, -0.15) is 5.26 Å². The van der Waals surface area contributed by atoms with Crippen molar-refractivity contribution in [3.63, 3.8) is 0 Å². The topological polar surface area (TPSA) is 114 Å². The fourth-order valence-electron chi connectivity index (χ4n) is 3.90. The van der Waals surface area contributed by atoms with Crippen molar-refractivity contribution in [2.24, 2.45) is 0 Å². The molecular weight excluding hydrogens is 400 g/mol. The Hall–Kier alpha value is -3.34. The first-order valence-electron chi connectivity index (χ1n) is 10.5. The van der Waals surface area contributed by atoms with Gasteiger partial charge in [0.25, 0.3) is 0 Å². The Morgan fingerprint density at radius 2 is 2.06 bits per heavy atom. The molecule has 1 aromatic heterocycles. The van der Waals surface area contributed by atoms with E-state index in [1.54, 1.807) is 34.0 Å². The summed E-state index contributed by atoms with van der Waals surface area (Å²) >= 11 is 0. The molecule has 160 valence electrons. The molecule has 7 nitrogen and oxygen atoms in total. The Kier molecular flexibility index (Phi) is 5.45. The molecular formula is C23H25B2N5O2. The molecule has 9 heteroatoms. The van der Waals surface area contributed by atoms with Crippen molar-refractivity contribution in [1.29, 1.82) is 5.26 Å². The first-order valence-corrected chi connectivity index (χ1v) is 10.5. The average molecular weight is 425 g/mol. The molecule has 3 aromatic rings. The van der Waals surface area contributed by atoms with Crippen LogP contribution in [-0.4, -0.2) is 49.0 Å². The van der Waals surface area contributed by atoms with Crippen LogP contribution in [0, 0.1) is 18.3 Å². The summed E-state index contributed by atoms with van der Waals surface area (Å²) in [6, 6.07) is 13.6. The second-order valence-corrected chi connectivity index (χ2v) is 9.11. The number of hydrogen-bond acceptors (Lipinski definition) is 7. The van der Waals surface area contributed by atoms with E-state index in [2.05, 4.69) is 26.7 Å². The van der Waals surface area contributed by atoms with Crippen LogP contribution in [0.25, 0.3) is 11.3 Å². The standard InChI is InChI=1S/C23H25B2N5O2/c1-13-3-4-16(23(24,25)32)9-19(13)30-21-27-6-5-18(29-21)14-7-15(10-26)20-17(8-14)22(2,12-31)11-28-20/h3-9,28,31-32H,11-12,24-25H2,1-2H3,(H,27,29,30)/t22-/m1/s1. The lowest BCUT2D eigenvalue weighted by Gasteiger charge is -2.21. The zero-order chi connectivity index (χ0) is 23.1. The van der Waals surface area contributed by atoms with Gasteiger partial charge in [-0.15, -0.1) is 0 Å². The van der Waals surface area contributed by atoms with Crippen molar-refractivity contribution in [2.75, 3.05) is 23.8 Å². The van der Waals surface area contributed by atoms with E-state index >= 15 is 0 Å². The number of aliphatic hydroxyl groups is 2. The number of aromatic nitrogens is 2. The second kappa shape index (κ2) is 7.97. The third kappa shape index (κ3) is 3.95. The van der Waals surface area contributed by atoms with Gasteiger partial charge in [0.1, 0.15) is 21.8 Å². The van der Waals surface area contributed by atoms with Gasteiger partial charge in [0.05, 0.1) is 23.6 Å². The first kappa shape index (κ1) is 21.9. The van der Waals surface area contributed by atoms with Gasteiger partial charge in [0.15, 0.2) is 0 Å². The lowest BCUT2D eigenvalue weighted by Crippen LogP contribution is -2.28. The minimum Gasteiger partial charge on any atom is -0.403 e. The fourth-order valence-corrected chi connectivity index (χ4v) is 3.90. The van der Waals surface area contributed by atoms with Gasteiger partial charge in [-0.3, -0.25) is 0 Å². The molecule has 2 heterocycles. The normalized spacial score (nSPS) is 17.3. The van der Waals surface area contributed by atoms with Crippen molar-refractivity contribution in [3.05, 3.63) is 64.8 Å². The largest absolute Gasteiger partial charge is 0.403 e.